The Labute approximate surface area is 122 Å². The predicted molar refractivity (Wildman–Crippen MR) is 77.6 cm³/mol. The van der Waals surface area contributed by atoms with Crippen molar-refractivity contribution >= 4 is 5.97 Å². The number of hydrogen-bond donors (Lipinski definition) is 1. The molecule has 1 N–H and O–H groups in total. The third kappa shape index (κ3) is 4.17. The van der Waals surface area contributed by atoms with E-state index in [9.17, 15) is 4.79 Å². The maximum absolute atomic E-state index is 12.0. The van der Waals surface area contributed by atoms with Gasteiger partial charge in [-0.15, -0.1) is 0 Å². The van der Waals surface area contributed by atoms with Gasteiger partial charge in [0.05, 0.1) is 13.7 Å². The summed E-state index contributed by atoms with van der Waals surface area (Å²) in [6, 6.07) is 0.499. The highest BCUT2D eigenvalue weighted by atomic mass is 16.5. The van der Waals surface area contributed by atoms with Gasteiger partial charge in [-0.3, -0.25) is 10.1 Å². The molecule has 1 aliphatic heterocycles. The highest BCUT2D eigenvalue weighted by molar-refractivity contribution is 5.80. The van der Waals surface area contributed by atoms with Gasteiger partial charge in [0.25, 0.3) is 0 Å². The molecular formula is C15H28N2O3. The number of rotatable bonds is 8. The van der Waals surface area contributed by atoms with Crippen LogP contribution < -0.4 is 5.32 Å². The molecule has 1 saturated heterocycles. The molecule has 2 unspecified atom stereocenters. The third-order valence-corrected chi connectivity index (χ3v) is 4.44. The van der Waals surface area contributed by atoms with Crippen molar-refractivity contribution in [3.8, 4) is 0 Å². The molecule has 0 amide bonds. The topological polar surface area (TPSA) is 50.8 Å². The Balaban J connectivity index is 1.81. The van der Waals surface area contributed by atoms with Gasteiger partial charge in [-0.05, 0) is 45.1 Å². The Bertz CT molecular complexity index is 333. The van der Waals surface area contributed by atoms with Gasteiger partial charge in [0, 0.05) is 26.2 Å². The number of likely N-dealkylation sites (tertiary alicyclic amines) is 1. The summed E-state index contributed by atoms with van der Waals surface area (Å²) in [6.45, 7) is 5.93. The second kappa shape index (κ2) is 6.87. The summed E-state index contributed by atoms with van der Waals surface area (Å²) >= 11 is 0. The molecule has 2 rings (SSSR count). The molecular weight excluding hydrogens is 256 g/mol. The molecule has 1 saturated carbocycles. The normalized spacial score (nSPS) is 26.4. The molecule has 5 heteroatoms. The van der Waals surface area contributed by atoms with Crippen molar-refractivity contribution in [3.63, 3.8) is 0 Å². The van der Waals surface area contributed by atoms with Gasteiger partial charge in [-0.25, -0.2) is 0 Å². The van der Waals surface area contributed by atoms with Crippen molar-refractivity contribution < 1.29 is 14.3 Å². The second-order valence-corrected chi connectivity index (χ2v) is 6.40. The van der Waals surface area contributed by atoms with Crippen molar-refractivity contribution in [2.75, 3.05) is 40.5 Å². The molecule has 20 heavy (non-hydrogen) atoms. The Kier molecular flexibility index (Phi) is 5.41. The van der Waals surface area contributed by atoms with Crippen LogP contribution >= 0.6 is 0 Å². The number of carbonyl (C=O) groups excluding carboxylic acids is 1. The summed E-state index contributed by atoms with van der Waals surface area (Å²) in [5, 5.41) is 3.45. The number of nitrogens with zero attached hydrogens (tertiary/aromatic N) is 1. The maximum Gasteiger partial charge on any atom is 0.325 e. The SMILES string of the molecule is COCC1CCN(CCC(C)(NC2CC2)C(=O)OC)C1. The minimum atomic E-state index is -0.546. The monoisotopic (exact) mass is 284 g/mol. The van der Waals surface area contributed by atoms with Gasteiger partial charge < -0.3 is 14.4 Å². The lowest BCUT2D eigenvalue weighted by Gasteiger charge is -2.30. The van der Waals surface area contributed by atoms with Crippen LogP contribution in [0.5, 0.6) is 0 Å². The van der Waals surface area contributed by atoms with E-state index in [4.69, 9.17) is 9.47 Å². The molecule has 116 valence electrons. The zero-order chi connectivity index (χ0) is 14.6. The van der Waals surface area contributed by atoms with Crippen molar-refractivity contribution in [2.45, 2.75) is 44.2 Å². The molecule has 0 aromatic carbocycles. The summed E-state index contributed by atoms with van der Waals surface area (Å²) in [6.07, 6.45) is 4.34. The molecule has 5 nitrogen and oxygen atoms in total. The Morgan fingerprint density at radius 2 is 2.10 bits per heavy atom. The van der Waals surface area contributed by atoms with E-state index in [1.165, 1.54) is 26.4 Å². The van der Waals surface area contributed by atoms with Gasteiger partial charge in [0.15, 0.2) is 0 Å². The fraction of sp³-hybridized carbons (Fsp3) is 0.933. The summed E-state index contributed by atoms with van der Waals surface area (Å²) in [5.41, 5.74) is -0.546. The van der Waals surface area contributed by atoms with Gasteiger partial charge in [0.2, 0.25) is 0 Å². The minimum absolute atomic E-state index is 0.142. The quantitative estimate of drug-likeness (QED) is 0.675. The Morgan fingerprint density at radius 3 is 2.70 bits per heavy atom. The molecule has 2 fully saturated rings. The lowest BCUT2D eigenvalue weighted by atomic mass is 9.97. The first-order valence-electron chi connectivity index (χ1n) is 7.65. The first-order chi connectivity index (χ1) is 9.57. The summed E-state index contributed by atoms with van der Waals surface area (Å²) < 4.78 is 10.2. The fourth-order valence-corrected chi connectivity index (χ4v) is 3.01. The highest BCUT2D eigenvalue weighted by Crippen LogP contribution is 2.26. The van der Waals surface area contributed by atoms with Crippen molar-refractivity contribution in [3.05, 3.63) is 0 Å². The average Bonchev–Trinajstić information content (AvgIpc) is 3.13. The van der Waals surface area contributed by atoms with Crippen LogP contribution in [0.25, 0.3) is 0 Å². The lowest BCUT2D eigenvalue weighted by molar-refractivity contribution is -0.148. The van der Waals surface area contributed by atoms with E-state index in [1.807, 2.05) is 6.92 Å². The molecule has 0 aromatic heterocycles. The second-order valence-electron chi connectivity index (χ2n) is 6.40. The smallest absolute Gasteiger partial charge is 0.325 e. The minimum Gasteiger partial charge on any atom is -0.468 e. The number of nitrogens with one attached hydrogen (secondary N) is 1. The molecule has 2 aliphatic rings. The standard InChI is InChI=1S/C15H28N2O3/c1-15(14(18)20-3,16-13-4-5-13)7-9-17-8-6-12(10-17)11-19-2/h12-13,16H,4-11H2,1-3H3. The van der Waals surface area contributed by atoms with Crippen LogP contribution in [0.15, 0.2) is 0 Å². The van der Waals surface area contributed by atoms with E-state index in [0.717, 1.165) is 32.7 Å². The molecule has 1 aliphatic carbocycles. The van der Waals surface area contributed by atoms with E-state index in [2.05, 4.69) is 10.2 Å². The van der Waals surface area contributed by atoms with Crippen LogP contribution in [0, 0.1) is 5.92 Å². The average molecular weight is 284 g/mol. The summed E-state index contributed by atoms with van der Waals surface area (Å²) in [7, 11) is 3.23. The molecule has 0 radical (unpaired) electrons. The Morgan fingerprint density at radius 1 is 1.35 bits per heavy atom. The van der Waals surface area contributed by atoms with Gasteiger partial charge in [-0.2, -0.15) is 0 Å². The van der Waals surface area contributed by atoms with Crippen molar-refractivity contribution in [1.82, 2.24) is 10.2 Å². The van der Waals surface area contributed by atoms with Gasteiger partial charge in [-0.1, -0.05) is 0 Å². The van der Waals surface area contributed by atoms with Gasteiger partial charge in [0.1, 0.15) is 5.54 Å². The van der Waals surface area contributed by atoms with Crippen LogP contribution in [0.3, 0.4) is 0 Å². The summed E-state index contributed by atoms with van der Waals surface area (Å²) in [5.74, 6) is 0.498. The number of methoxy groups -OCH3 is 2. The molecule has 1 heterocycles. The number of hydrogen-bond acceptors (Lipinski definition) is 5. The van der Waals surface area contributed by atoms with Crippen LogP contribution in [-0.4, -0.2) is 62.9 Å². The molecule has 0 spiro atoms. The van der Waals surface area contributed by atoms with Crippen molar-refractivity contribution in [1.29, 1.82) is 0 Å². The van der Waals surface area contributed by atoms with E-state index < -0.39 is 5.54 Å². The van der Waals surface area contributed by atoms with Gasteiger partial charge >= 0.3 is 5.97 Å². The molecule has 2 atom stereocenters. The lowest BCUT2D eigenvalue weighted by Crippen LogP contribution is -2.52. The van der Waals surface area contributed by atoms with Crippen LogP contribution in [0.2, 0.25) is 0 Å². The third-order valence-electron chi connectivity index (χ3n) is 4.44. The van der Waals surface area contributed by atoms with Crippen molar-refractivity contribution in [2.24, 2.45) is 5.92 Å². The largest absolute Gasteiger partial charge is 0.468 e. The van der Waals surface area contributed by atoms with E-state index >= 15 is 0 Å². The number of esters is 1. The molecule has 0 bridgehead atoms. The molecule has 0 aromatic rings. The Hall–Kier alpha value is -0.650. The zero-order valence-corrected chi connectivity index (χ0v) is 13.0. The van der Waals surface area contributed by atoms with Crippen LogP contribution in [0.1, 0.15) is 32.6 Å². The van der Waals surface area contributed by atoms with E-state index in [1.54, 1.807) is 7.11 Å². The predicted octanol–water partition coefficient (Wildman–Crippen LogP) is 1.03. The first-order valence-corrected chi connectivity index (χ1v) is 7.65. The maximum atomic E-state index is 12.0. The van der Waals surface area contributed by atoms with Crippen LogP contribution in [-0.2, 0) is 14.3 Å². The zero-order valence-electron chi connectivity index (χ0n) is 13.0. The summed E-state index contributed by atoms with van der Waals surface area (Å²) in [4.78, 5) is 14.5. The van der Waals surface area contributed by atoms with E-state index in [0.29, 0.717) is 12.0 Å². The number of ether oxygens (including phenoxy) is 2. The van der Waals surface area contributed by atoms with Crippen LogP contribution in [0.4, 0.5) is 0 Å². The fourth-order valence-electron chi connectivity index (χ4n) is 3.01. The number of carbonyl (C=O) groups is 1. The highest BCUT2D eigenvalue weighted by Gasteiger charge is 2.39. The first kappa shape index (κ1) is 15.7. The van der Waals surface area contributed by atoms with E-state index in [-0.39, 0.29) is 5.97 Å².